The minimum atomic E-state index is -0.660. The second-order valence-electron chi connectivity index (χ2n) is 6.92. The average molecular weight is 519 g/mol. The molecule has 0 saturated heterocycles. The molecule has 14 heteroatoms. The summed E-state index contributed by atoms with van der Waals surface area (Å²) in [7, 11) is 3.19. The molecule has 0 unspecified atom stereocenters. The number of ether oxygens (including phenoxy) is 8. The molecule has 0 atom stereocenters. The highest BCUT2D eigenvalue weighted by atomic mass is 16.6. The molecule has 1 aromatic carbocycles. The minimum absolute atomic E-state index is 0.0239. The van der Waals surface area contributed by atoms with Gasteiger partial charge in [0.2, 0.25) is 0 Å². The fourth-order valence-electron chi connectivity index (χ4n) is 2.66. The van der Waals surface area contributed by atoms with Crippen molar-refractivity contribution >= 4 is 11.8 Å². The van der Waals surface area contributed by atoms with Crippen LogP contribution >= 0.6 is 0 Å². The largest absolute Gasteiger partial charge is 0.490 e. The molecule has 1 aromatic rings. The molecule has 36 heavy (non-hydrogen) atoms. The Kier molecular flexibility index (Phi) is 18.0. The van der Waals surface area contributed by atoms with Crippen LogP contribution in [0.1, 0.15) is 20.7 Å². The zero-order chi connectivity index (χ0) is 26.4. The van der Waals surface area contributed by atoms with Gasteiger partial charge in [0.05, 0.1) is 77.2 Å². The van der Waals surface area contributed by atoms with E-state index in [9.17, 15) is 9.59 Å². The van der Waals surface area contributed by atoms with E-state index in [-0.39, 0.29) is 49.1 Å². The number of carbonyl (C=O) groups is 2. The topological polar surface area (TPSA) is 184 Å². The number of benzene rings is 1. The SMILES string of the molecule is COCCOCCOCCOc1cc(OCCOCCOCCOC)c(C(=O)NN)cc1C(=O)NN. The summed E-state index contributed by atoms with van der Waals surface area (Å²) in [5, 5.41) is 0. The second kappa shape index (κ2) is 20.6. The Labute approximate surface area is 210 Å². The van der Waals surface area contributed by atoms with Crippen molar-refractivity contribution in [3.8, 4) is 11.5 Å². The third-order valence-electron chi connectivity index (χ3n) is 4.41. The molecular weight excluding hydrogens is 480 g/mol. The van der Waals surface area contributed by atoms with E-state index in [1.165, 1.54) is 12.1 Å². The minimum Gasteiger partial charge on any atom is -0.490 e. The monoisotopic (exact) mass is 518 g/mol. The number of methoxy groups -OCH3 is 2. The second-order valence-corrected chi connectivity index (χ2v) is 6.92. The number of nitrogen functional groups attached to an aromatic ring is 2. The fraction of sp³-hybridized carbons (Fsp3) is 0.636. The Morgan fingerprint density at radius 2 is 0.917 bits per heavy atom. The summed E-state index contributed by atoms with van der Waals surface area (Å²) in [6, 6.07) is 2.70. The van der Waals surface area contributed by atoms with E-state index in [4.69, 9.17) is 49.6 Å². The van der Waals surface area contributed by atoms with Crippen LogP contribution in [0.5, 0.6) is 11.5 Å². The molecular formula is C22H38N4O10. The Balaban J connectivity index is 2.69. The Bertz CT molecular complexity index is 697. The molecule has 0 radical (unpaired) electrons. The van der Waals surface area contributed by atoms with Crippen LogP contribution < -0.4 is 32.0 Å². The maximum absolute atomic E-state index is 12.3. The summed E-state index contributed by atoms with van der Waals surface area (Å²) in [4.78, 5) is 24.6. The number of carbonyl (C=O) groups excluding carboxylic acids is 2. The zero-order valence-corrected chi connectivity index (χ0v) is 20.9. The predicted octanol–water partition coefficient (Wildman–Crippen LogP) is -0.990. The molecule has 0 aliphatic heterocycles. The molecule has 2 amide bonds. The lowest BCUT2D eigenvalue weighted by Gasteiger charge is -2.16. The molecule has 14 nitrogen and oxygen atoms in total. The van der Waals surface area contributed by atoms with Gasteiger partial charge in [0, 0.05) is 20.3 Å². The number of rotatable bonds is 22. The van der Waals surface area contributed by atoms with Crippen molar-refractivity contribution in [1.29, 1.82) is 0 Å². The maximum Gasteiger partial charge on any atom is 0.268 e. The van der Waals surface area contributed by atoms with E-state index in [1.807, 2.05) is 10.9 Å². The summed E-state index contributed by atoms with van der Waals surface area (Å²) in [5.74, 6) is 9.55. The summed E-state index contributed by atoms with van der Waals surface area (Å²) >= 11 is 0. The van der Waals surface area contributed by atoms with Gasteiger partial charge >= 0.3 is 0 Å². The van der Waals surface area contributed by atoms with Crippen LogP contribution in [0.25, 0.3) is 0 Å². The van der Waals surface area contributed by atoms with Crippen LogP contribution in [-0.2, 0) is 28.4 Å². The number of hydrazine groups is 2. The molecule has 206 valence electrons. The van der Waals surface area contributed by atoms with Crippen LogP contribution in [0.3, 0.4) is 0 Å². The molecule has 0 saturated carbocycles. The van der Waals surface area contributed by atoms with Gasteiger partial charge in [-0.2, -0.15) is 0 Å². The van der Waals surface area contributed by atoms with Gasteiger partial charge in [-0.25, -0.2) is 11.7 Å². The van der Waals surface area contributed by atoms with Gasteiger partial charge in [-0.15, -0.1) is 0 Å². The molecule has 0 aromatic heterocycles. The highest BCUT2D eigenvalue weighted by Gasteiger charge is 2.21. The number of nitrogens with two attached hydrogens (primary N) is 2. The first kappa shape index (κ1) is 31.5. The first-order valence-electron chi connectivity index (χ1n) is 11.3. The van der Waals surface area contributed by atoms with E-state index in [0.29, 0.717) is 52.9 Å². The van der Waals surface area contributed by atoms with Crippen LogP contribution in [0.2, 0.25) is 0 Å². The van der Waals surface area contributed by atoms with Crippen molar-refractivity contribution < 1.29 is 47.5 Å². The van der Waals surface area contributed by atoms with Gasteiger partial charge in [0.15, 0.2) is 0 Å². The highest BCUT2D eigenvalue weighted by molar-refractivity contribution is 6.03. The Morgan fingerprint density at radius 1 is 0.583 bits per heavy atom. The number of nitrogens with one attached hydrogen (secondary N) is 2. The van der Waals surface area contributed by atoms with Crippen molar-refractivity contribution in [3.63, 3.8) is 0 Å². The van der Waals surface area contributed by atoms with Crippen molar-refractivity contribution in [2.45, 2.75) is 0 Å². The fourth-order valence-corrected chi connectivity index (χ4v) is 2.66. The summed E-state index contributed by atoms with van der Waals surface area (Å²) in [5.41, 5.74) is 4.10. The number of hydrogen-bond donors (Lipinski definition) is 4. The third-order valence-corrected chi connectivity index (χ3v) is 4.41. The van der Waals surface area contributed by atoms with E-state index in [0.717, 1.165) is 0 Å². The summed E-state index contributed by atoms with van der Waals surface area (Å²) < 4.78 is 42.7. The molecule has 0 fully saturated rings. The molecule has 0 heterocycles. The van der Waals surface area contributed by atoms with Crippen molar-refractivity contribution in [2.75, 3.05) is 93.5 Å². The van der Waals surface area contributed by atoms with E-state index in [2.05, 4.69) is 0 Å². The van der Waals surface area contributed by atoms with Crippen molar-refractivity contribution in [3.05, 3.63) is 23.3 Å². The number of amides is 2. The Morgan fingerprint density at radius 3 is 1.25 bits per heavy atom. The predicted molar refractivity (Wildman–Crippen MR) is 128 cm³/mol. The molecule has 0 aliphatic rings. The lowest BCUT2D eigenvalue weighted by atomic mass is 10.1. The first-order chi connectivity index (χ1) is 17.6. The lowest BCUT2D eigenvalue weighted by Crippen LogP contribution is -2.33. The average Bonchev–Trinajstić information content (AvgIpc) is 2.90. The van der Waals surface area contributed by atoms with Gasteiger partial charge in [-0.3, -0.25) is 20.4 Å². The van der Waals surface area contributed by atoms with Gasteiger partial charge < -0.3 is 37.9 Å². The standard InChI is InChI=1S/C22H38N4O10/c1-29-3-5-31-7-9-33-11-13-35-19-16-20(36-14-12-34-10-8-32-6-4-30-2)18(22(28)26-24)15-17(19)21(27)25-23/h15-16H,3-14,23-24H2,1-2H3,(H,25,27)(H,26,28). The van der Waals surface area contributed by atoms with E-state index >= 15 is 0 Å². The van der Waals surface area contributed by atoms with Gasteiger partial charge in [-0.1, -0.05) is 0 Å². The number of hydrogen-bond acceptors (Lipinski definition) is 12. The van der Waals surface area contributed by atoms with Gasteiger partial charge in [-0.05, 0) is 6.07 Å². The van der Waals surface area contributed by atoms with Crippen LogP contribution in [0.15, 0.2) is 12.1 Å². The van der Waals surface area contributed by atoms with Crippen LogP contribution in [0.4, 0.5) is 0 Å². The van der Waals surface area contributed by atoms with Gasteiger partial charge in [0.25, 0.3) is 11.8 Å². The maximum atomic E-state index is 12.3. The zero-order valence-electron chi connectivity index (χ0n) is 20.9. The molecule has 0 spiro atoms. The smallest absolute Gasteiger partial charge is 0.268 e. The highest BCUT2D eigenvalue weighted by Crippen LogP contribution is 2.30. The van der Waals surface area contributed by atoms with E-state index < -0.39 is 11.8 Å². The first-order valence-corrected chi connectivity index (χ1v) is 11.3. The molecule has 1 rings (SSSR count). The van der Waals surface area contributed by atoms with E-state index in [1.54, 1.807) is 14.2 Å². The van der Waals surface area contributed by atoms with Crippen molar-refractivity contribution in [2.24, 2.45) is 11.7 Å². The summed E-state index contributed by atoms with van der Waals surface area (Å²) in [6.07, 6.45) is 0. The third kappa shape index (κ3) is 12.9. The lowest BCUT2D eigenvalue weighted by molar-refractivity contribution is 0.0174. The molecule has 0 aliphatic carbocycles. The van der Waals surface area contributed by atoms with Gasteiger partial charge in [0.1, 0.15) is 24.7 Å². The normalized spacial score (nSPS) is 10.8. The van der Waals surface area contributed by atoms with Crippen LogP contribution in [0, 0.1) is 0 Å². The van der Waals surface area contributed by atoms with Crippen molar-refractivity contribution in [1.82, 2.24) is 10.9 Å². The Hall–Kier alpha value is -2.56. The van der Waals surface area contributed by atoms with Crippen LogP contribution in [-0.4, -0.2) is 105 Å². The molecule has 6 N–H and O–H groups in total. The molecule has 0 bridgehead atoms. The quantitative estimate of drug-likeness (QED) is 0.0637. The summed E-state index contributed by atoms with van der Waals surface area (Å²) in [6.45, 7) is 4.24.